The molecule has 0 fully saturated rings. The molecule has 1 aromatic rings. The zero-order chi connectivity index (χ0) is 12.2. The van der Waals surface area contributed by atoms with E-state index in [0.717, 1.165) is 0 Å². The molecule has 0 aliphatic rings. The SMILES string of the molecule is CC(OCc1ccco1)C(=O)OC(C)(C)C. The van der Waals surface area contributed by atoms with Crippen molar-refractivity contribution in [3.63, 3.8) is 0 Å². The molecule has 1 rings (SSSR count). The average molecular weight is 226 g/mol. The van der Waals surface area contributed by atoms with Gasteiger partial charge in [0.2, 0.25) is 0 Å². The van der Waals surface area contributed by atoms with Crippen LogP contribution in [0.2, 0.25) is 0 Å². The van der Waals surface area contributed by atoms with E-state index in [9.17, 15) is 4.79 Å². The number of carbonyl (C=O) groups is 1. The highest BCUT2D eigenvalue weighted by Crippen LogP contribution is 2.11. The summed E-state index contributed by atoms with van der Waals surface area (Å²) >= 11 is 0. The fourth-order valence-electron chi connectivity index (χ4n) is 1.05. The minimum atomic E-state index is -0.593. The zero-order valence-corrected chi connectivity index (χ0v) is 10.1. The third-order valence-corrected chi connectivity index (χ3v) is 1.79. The predicted molar refractivity (Wildman–Crippen MR) is 58.8 cm³/mol. The van der Waals surface area contributed by atoms with Crippen molar-refractivity contribution in [3.05, 3.63) is 24.2 Å². The van der Waals surface area contributed by atoms with E-state index in [1.807, 2.05) is 20.8 Å². The van der Waals surface area contributed by atoms with Crippen LogP contribution in [-0.2, 0) is 20.9 Å². The van der Waals surface area contributed by atoms with Gasteiger partial charge >= 0.3 is 5.97 Å². The molecule has 0 saturated carbocycles. The molecule has 0 aliphatic carbocycles. The molecule has 0 saturated heterocycles. The maximum absolute atomic E-state index is 11.5. The van der Waals surface area contributed by atoms with Gasteiger partial charge in [-0.2, -0.15) is 0 Å². The topological polar surface area (TPSA) is 48.7 Å². The molecule has 0 spiro atoms. The first-order valence-corrected chi connectivity index (χ1v) is 5.25. The van der Waals surface area contributed by atoms with Gasteiger partial charge in [-0.25, -0.2) is 4.79 Å². The Balaban J connectivity index is 2.35. The Labute approximate surface area is 95.5 Å². The normalized spacial score (nSPS) is 13.5. The van der Waals surface area contributed by atoms with Crippen molar-refractivity contribution in [1.29, 1.82) is 0 Å². The molecule has 0 aliphatic heterocycles. The van der Waals surface area contributed by atoms with E-state index in [1.165, 1.54) is 0 Å². The first-order chi connectivity index (χ1) is 7.38. The summed E-state index contributed by atoms with van der Waals surface area (Å²) in [5.41, 5.74) is -0.487. The second-order valence-electron chi connectivity index (χ2n) is 4.57. The number of esters is 1. The van der Waals surface area contributed by atoms with Crippen molar-refractivity contribution in [2.75, 3.05) is 0 Å². The lowest BCUT2D eigenvalue weighted by atomic mass is 10.2. The number of hydrogen-bond donors (Lipinski definition) is 0. The Bertz CT molecular complexity index is 321. The standard InChI is InChI=1S/C12H18O4/c1-9(11(13)16-12(2,3)4)15-8-10-6-5-7-14-10/h5-7,9H,8H2,1-4H3. The Hall–Kier alpha value is -1.29. The maximum atomic E-state index is 11.5. The van der Waals surface area contributed by atoms with Crippen LogP contribution >= 0.6 is 0 Å². The summed E-state index contributed by atoms with van der Waals surface area (Å²) in [7, 11) is 0. The van der Waals surface area contributed by atoms with E-state index < -0.39 is 11.7 Å². The average Bonchev–Trinajstić information content (AvgIpc) is 2.63. The fraction of sp³-hybridized carbons (Fsp3) is 0.583. The lowest BCUT2D eigenvalue weighted by Crippen LogP contribution is -2.31. The third kappa shape index (κ3) is 4.49. The molecule has 4 nitrogen and oxygen atoms in total. The van der Waals surface area contributed by atoms with Gasteiger partial charge in [0.1, 0.15) is 18.0 Å². The first-order valence-electron chi connectivity index (χ1n) is 5.25. The number of carbonyl (C=O) groups excluding carboxylic acids is 1. The Kier molecular flexibility index (Phi) is 4.12. The van der Waals surface area contributed by atoms with Gasteiger partial charge in [-0.1, -0.05) is 0 Å². The van der Waals surface area contributed by atoms with Crippen LogP contribution in [0.25, 0.3) is 0 Å². The number of rotatable bonds is 4. The van der Waals surface area contributed by atoms with Crippen LogP contribution in [0, 0.1) is 0 Å². The summed E-state index contributed by atoms with van der Waals surface area (Å²) in [6, 6.07) is 3.57. The van der Waals surface area contributed by atoms with E-state index in [4.69, 9.17) is 13.9 Å². The van der Waals surface area contributed by atoms with Crippen molar-refractivity contribution in [2.45, 2.75) is 46.0 Å². The lowest BCUT2D eigenvalue weighted by Gasteiger charge is -2.22. The van der Waals surface area contributed by atoms with Crippen LogP contribution in [-0.4, -0.2) is 17.7 Å². The highest BCUT2D eigenvalue weighted by molar-refractivity contribution is 5.74. The minimum Gasteiger partial charge on any atom is -0.467 e. The van der Waals surface area contributed by atoms with Crippen LogP contribution in [0.1, 0.15) is 33.5 Å². The van der Waals surface area contributed by atoms with Gasteiger partial charge in [0.15, 0.2) is 6.10 Å². The van der Waals surface area contributed by atoms with Crippen molar-refractivity contribution < 1.29 is 18.7 Å². The van der Waals surface area contributed by atoms with E-state index >= 15 is 0 Å². The van der Waals surface area contributed by atoms with Gasteiger partial charge in [-0.15, -0.1) is 0 Å². The highest BCUT2D eigenvalue weighted by atomic mass is 16.6. The Morgan fingerprint density at radius 2 is 2.19 bits per heavy atom. The molecule has 1 atom stereocenters. The summed E-state index contributed by atoms with van der Waals surface area (Å²) in [4.78, 5) is 11.5. The van der Waals surface area contributed by atoms with Crippen molar-refractivity contribution in [2.24, 2.45) is 0 Å². The largest absolute Gasteiger partial charge is 0.467 e. The smallest absolute Gasteiger partial charge is 0.335 e. The fourth-order valence-corrected chi connectivity index (χ4v) is 1.05. The first kappa shape index (κ1) is 12.8. The molecule has 0 N–H and O–H groups in total. The van der Waals surface area contributed by atoms with E-state index in [1.54, 1.807) is 25.3 Å². The zero-order valence-electron chi connectivity index (χ0n) is 10.1. The molecule has 0 amide bonds. The molecule has 4 heteroatoms. The van der Waals surface area contributed by atoms with Gasteiger partial charge in [0.25, 0.3) is 0 Å². The van der Waals surface area contributed by atoms with Gasteiger partial charge in [0.05, 0.1) is 6.26 Å². The minimum absolute atomic E-state index is 0.271. The second-order valence-corrected chi connectivity index (χ2v) is 4.57. The molecule has 0 radical (unpaired) electrons. The van der Waals surface area contributed by atoms with Crippen molar-refractivity contribution in [1.82, 2.24) is 0 Å². The molecule has 1 unspecified atom stereocenters. The summed E-state index contributed by atoms with van der Waals surface area (Å²) in [5.74, 6) is 0.328. The Morgan fingerprint density at radius 1 is 1.50 bits per heavy atom. The van der Waals surface area contributed by atoms with Gasteiger partial charge in [-0.05, 0) is 39.8 Å². The highest BCUT2D eigenvalue weighted by Gasteiger charge is 2.22. The monoisotopic (exact) mass is 226 g/mol. The summed E-state index contributed by atoms with van der Waals surface area (Å²) in [6.07, 6.45) is 0.973. The van der Waals surface area contributed by atoms with Crippen LogP contribution in [0.15, 0.2) is 22.8 Å². The second kappa shape index (κ2) is 5.16. The quantitative estimate of drug-likeness (QED) is 0.740. The van der Waals surface area contributed by atoms with Gasteiger partial charge in [-0.3, -0.25) is 0 Å². The van der Waals surface area contributed by atoms with Crippen LogP contribution in [0.4, 0.5) is 0 Å². The summed E-state index contributed by atoms with van der Waals surface area (Å²) in [6.45, 7) is 7.41. The van der Waals surface area contributed by atoms with Crippen LogP contribution in [0.3, 0.4) is 0 Å². The van der Waals surface area contributed by atoms with Crippen molar-refractivity contribution in [3.8, 4) is 0 Å². The molecule has 0 bridgehead atoms. The molecular formula is C12H18O4. The number of hydrogen-bond acceptors (Lipinski definition) is 4. The van der Waals surface area contributed by atoms with E-state index in [-0.39, 0.29) is 12.6 Å². The summed E-state index contributed by atoms with van der Waals surface area (Å²) < 4.78 is 15.6. The van der Waals surface area contributed by atoms with E-state index in [0.29, 0.717) is 5.76 Å². The number of ether oxygens (including phenoxy) is 2. The lowest BCUT2D eigenvalue weighted by molar-refractivity contribution is -0.168. The number of furan rings is 1. The Morgan fingerprint density at radius 3 is 2.69 bits per heavy atom. The third-order valence-electron chi connectivity index (χ3n) is 1.79. The van der Waals surface area contributed by atoms with Gasteiger partial charge < -0.3 is 13.9 Å². The van der Waals surface area contributed by atoms with E-state index in [2.05, 4.69) is 0 Å². The summed E-state index contributed by atoms with van der Waals surface area (Å²) in [5, 5.41) is 0. The van der Waals surface area contributed by atoms with Crippen LogP contribution in [0.5, 0.6) is 0 Å². The van der Waals surface area contributed by atoms with Gasteiger partial charge in [0, 0.05) is 0 Å². The molecular weight excluding hydrogens is 208 g/mol. The molecule has 0 aromatic carbocycles. The predicted octanol–water partition coefficient (Wildman–Crippen LogP) is 2.53. The maximum Gasteiger partial charge on any atom is 0.335 e. The molecule has 1 heterocycles. The van der Waals surface area contributed by atoms with Crippen LogP contribution < -0.4 is 0 Å². The molecule has 16 heavy (non-hydrogen) atoms. The molecule has 1 aromatic heterocycles. The van der Waals surface area contributed by atoms with Crippen molar-refractivity contribution >= 4 is 5.97 Å². The molecule has 90 valence electrons.